The number of hydrogen-bond acceptors (Lipinski definition) is 5. The number of aryl methyl sites for hydroxylation is 1. The summed E-state index contributed by atoms with van der Waals surface area (Å²) in [4.78, 5) is 33.1. The third-order valence-electron chi connectivity index (χ3n) is 8.78. The quantitative estimate of drug-likeness (QED) is 0.251. The number of aromatic nitrogens is 2. The Kier molecular flexibility index (Phi) is 6.99. The van der Waals surface area contributed by atoms with Gasteiger partial charge in [0.2, 0.25) is 5.91 Å². The predicted molar refractivity (Wildman–Crippen MR) is 183 cm³/mol. The standard InChI is InChI=1S/C38H30N4O3S/c1-45-28-18-15-25(16-19-28)36-31-20-17-24-9-5-6-13-30(24)35(31)40-38-42(36)37(44)33(46-38)21-26-22-41(32-14-8-7-12-29(26)32)23-34(43)39-27-10-3-2-4-11-27/h2-16,18-19,21-22,36H,17,20,23H2,1H3,(H,39,43). The molecule has 2 aromatic heterocycles. The number of fused-ring (bicyclic) bond motifs is 4. The summed E-state index contributed by atoms with van der Waals surface area (Å²) in [5.41, 5.74) is 8.04. The first-order chi connectivity index (χ1) is 22.6. The first-order valence-electron chi connectivity index (χ1n) is 15.3. The van der Waals surface area contributed by atoms with Crippen LogP contribution in [0.15, 0.2) is 125 Å². The summed E-state index contributed by atoms with van der Waals surface area (Å²) in [6.45, 7) is 0.147. The van der Waals surface area contributed by atoms with Crippen LogP contribution < -0.4 is 24.9 Å². The molecule has 2 aliphatic rings. The molecular formula is C38H30N4O3S. The molecule has 0 fully saturated rings. The minimum Gasteiger partial charge on any atom is -0.497 e. The van der Waals surface area contributed by atoms with E-state index in [9.17, 15) is 9.59 Å². The van der Waals surface area contributed by atoms with Crippen molar-refractivity contribution in [3.05, 3.63) is 157 Å². The number of nitrogens with zero attached hydrogens (tertiary/aromatic N) is 3. The fourth-order valence-corrected chi connectivity index (χ4v) is 7.64. The van der Waals surface area contributed by atoms with E-state index < -0.39 is 0 Å². The molecule has 0 bridgehead atoms. The monoisotopic (exact) mass is 622 g/mol. The third-order valence-corrected chi connectivity index (χ3v) is 9.76. The Morgan fingerprint density at radius 1 is 0.957 bits per heavy atom. The van der Waals surface area contributed by atoms with Crippen LogP contribution >= 0.6 is 11.3 Å². The number of hydrogen-bond donors (Lipinski definition) is 1. The number of carbonyl (C=O) groups is 1. The molecule has 46 heavy (non-hydrogen) atoms. The van der Waals surface area contributed by atoms with Gasteiger partial charge in [-0.1, -0.05) is 84.1 Å². The molecule has 1 atom stereocenters. The van der Waals surface area contributed by atoms with Crippen molar-refractivity contribution in [2.45, 2.75) is 25.4 Å². The van der Waals surface area contributed by atoms with Crippen molar-refractivity contribution >= 4 is 45.6 Å². The summed E-state index contributed by atoms with van der Waals surface area (Å²) in [6, 6.07) is 33.6. The second-order valence-electron chi connectivity index (χ2n) is 11.5. The topological polar surface area (TPSA) is 77.6 Å². The first-order valence-corrected chi connectivity index (χ1v) is 16.1. The normalized spacial score (nSPS) is 15.6. The molecule has 1 aliphatic carbocycles. The van der Waals surface area contributed by atoms with Crippen LogP contribution in [0.25, 0.3) is 22.7 Å². The molecule has 1 N–H and O–H groups in total. The zero-order chi connectivity index (χ0) is 31.2. The molecule has 1 unspecified atom stereocenters. The number of allylic oxidation sites excluding steroid dienone is 1. The fraction of sp³-hybridized carbons (Fsp3) is 0.132. The number of para-hydroxylation sites is 2. The molecule has 0 saturated carbocycles. The van der Waals surface area contributed by atoms with Crippen molar-refractivity contribution in [1.82, 2.24) is 9.13 Å². The molecule has 7 nitrogen and oxygen atoms in total. The van der Waals surface area contributed by atoms with Crippen molar-refractivity contribution in [1.29, 1.82) is 0 Å². The lowest BCUT2D eigenvalue weighted by molar-refractivity contribution is -0.116. The largest absolute Gasteiger partial charge is 0.497 e. The molecule has 3 heterocycles. The van der Waals surface area contributed by atoms with Gasteiger partial charge in [-0.25, -0.2) is 4.99 Å². The highest BCUT2D eigenvalue weighted by Crippen LogP contribution is 2.41. The van der Waals surface area contributed by atoms with Crippen LogP contribution in [0.1, 0.15) is 34.7 Å². The van der Waals surface area contributed by atoms with Gasteiger partial charge in [-0.05, 0) is 65.9 Å². The van der Waals surface area contributed by atoms with E-state index >= 15 is 0 Å². The summed E-state index contributed by atoms with van der Waals surface area (Å²) in [7, 11) is 1.66. The minimum atomic E-state index is -0.268. The second kappa shape index (κ2) is 11.5. The Labute approximate surface area is 269 Å². The van der Waals surface area contributed by atoms with Crippen LogP contribution in [0.2, 0.25) is 0 Å². The molecule has 0 spiro atoms. The Morgan fingerprint density at radius 2 is 1.72 bits per heavy atom. The number of amides is 1. The van der Waals surface area contributed by atoms with Gasteiger partial charge < -0.3 is 14.6 Å². The smallest absolute Gasteiger partial charge is 0.271 e. The van der Waals surface area contributed by atoms with Gasteiger partial charge >= 0.3 is 0 Å². The highest BCUT2D eigenvalue weighted by atomic mass is 32.1. The third kappa shape index (κ3) is 4.87. The molecule has 4 aromatic carbocycles. The van der Waals surface area contributed by atoms with Crippen LogP contribution in [0.3, 0.4) is 0 Å². The minimum absolute atomic E-state index is 0.0753. The van der Waals surface area contributed by atoms with E-state index in [1.54, 1.807) is 7.11 Å². The number of ether oxygens (including phenoxy) is 1. The van der Waals surface area contributed by atoms with Crippen LogP contribution in [0.5, 0.6) is 5.75 Å². The number of benzene rings is 4. The average Bonchev–Trinajstić information content (AvgIpc) is 3.60. The van der Waals surface area contributed by atoms with Gasteiger partial charge in [-0.15, -0.1) is 0 Å². The van der Waals surface area contributed by atoms with E-state index in [2.05, 4.69) is 29.6 Å². The molecular weight excluding hydrogens is 593 g/mol. The van der Waals surface area contributed by atoms with Crippen molar-refractivity contribution in [3.8, 4) is 5.75 Å². The van der Waals surface area contributed by atoms with Gasteiger partial charge in [0.15, 0.2) is 4.80 Å². The van der Waals surface area contributed by atoms with Gasteiger partial charge in [0.05, 0.1) is 23.4 Å². The summed E-state index contributed by atoms with van der Waals surface area (Å²) in [5.74, 6) is 0.649. The van der Waals surface area contributed by atoms with E-state index in [-0.39, 0.29) is 24.1 Å². The maximum Gasteiger partial charge on any atom is 0.271 e. The first kappa shape index (κ1) is 28.0. The van der Waals surface area contributed by atoms with Gasteiger partial charge in [0.1, 0.15) is 12.3 Å². The molecule has 6 aromatic rings. The highest BCUT2D eigenvalue weighted by Gasteiger charge is 2.32. The molecule has 1 aliphatic heterocycles. The lowest BCUT2D eigenvalue weighted by Gasteiger charge is -2.30. The Balaban J connectivity index is 1.25. The Morgan fingerprint density at radius 3 is 2.54 bits per heavy atom. The van der Waals surface area contributed by atoms with Gasteiger partial charge in [-0.2, -0.15) is 0 Å². The van der Waals surface area contributed by atoms with Crippen LogP contribution in [0, 0.1) is 0 Å². The van der Waals surface area contributed by atoms with Crippen molar-refractivity contribution in [2.75, 3.05) is 12.4 Å². The van der Waals surface area contributed by atoms with Crippen molar-refractivity contribution in [3.63, 3.8) is 0 Å². The van der Waals surface area contributed by atoms with Gasteiger partial charge in [0, 0.05) is 33.9 Å². The summed E-state index contributed by atoms with van der Waals surface area (Å²) in [6.07, 6.45) is 5.63. The van der Waals surface area contributed by atoms with Crippen molar-refractivity contribution in [2.24, 2.45) is 4.99 Å². The SMILES string of the molecule is COc1ccc(C2C3=C(N=c4sc(=Cc5cn(CC(=O)Nc6ccccc6)c6ccccc56)c(=O)n42)c2ccccc2CC3)cc1. The summed E-state index contributed by atoms with van der Waals surface area (Å²) < 4.78 is 9.83. The average molecular weight is 623 g/mol. The number of methoxy groups -OCH3 is 1. The molecule has 0 saturated heterocycles. The maximum absolute atomic E-state index is 14.3. The van der Waals surface area contributed by atoms with Gasteiger partial charge in [-0.3, -0.25) is 14.2 Å². The highest BCUT2D eigenvalue weighted by molar-refractivity contribution is 7.07. The van der Waals surface area contributed by atoms with E-state index in [0.29, 0.717) is 9.33 Å². The molecule has 226 valence electrons. The van der Waals surface area contributed by atoms with Crippen LogP contribution in [-0.2, 0) is 17.8 Å². The van der Waals surface area contributed by atoms with Gasteiger partial charge in [0.25, 0.3) is 5.56 Å². The van der Waals surface area contributed by atoms with E-state index in [0.717, 1.165) is 63.1 Å². The number of thiazole rings is 1. The molecule has 8 rings (SSSR count). The lowest BCUT2D eigenvalue weighted by Crippen LogP contribution is -2.38. The van der Waals surface area contributed by atoms with E-state index in [4.69, 9.17) is 9.73 Å². The van der Waals surface area contributed by atoms with E-state index in [1.165, 1.54) is 16.9 Å². The maximum atomic E-state index is 14.3. The fourth-order valence-electron chi connectivity index (χ4n) is 6.65. The molecule has 0 radical (unpaired) electrons. The van der Waals surface area contributed by atoms with Crippen LogP contribution in [-0.4, -0.2) is 22.2 Å². The number of carbonyl (C=O) groups excluding carboxylic acids is 1. The molecule has 1 amide bonds. The van der Waals surface area contributed by atoms with Crippen LogP contribution in [0.4, 0.5) is 5.69 Å². The Hall–Kier alpha value is -5.47. The zero-order valence-electron chi connectivity index (χ0n) is 25.1. The number of nitrogens with one attached hydrogen (secondary N) is 1. The summed E-state index contributed by atoms with van der Waals surface area (Å²) >= 11 is 1.41. The second-order valence-corrected chi connectivity index (χ2v) is 12.5. The number of anilines is 1. The lowest BCUT2D eigenvalue weighted by atomic mass is 9.83. The Bertz CT molecular complexity index is 2350. The van der Waals surface area contributed by atoms with E-state index in [1.807, 2.05) is 100 Å². The number of rotatable bonds is 6. The molecule has 8 heteroatoms. The zero-order valence-corrected chi connectivity index (χ0v) is 26.0. The summed E-state index contributed by atoms with van der Waals surface area (Å²) in [5, 5.41) is 3.94. The van der Waals surface area contributed by atoms with Crippen molar-refractivity contribution < 1.29 is 9.53 Å². The predicted octanol–water partition coefficient (Wildman–Crippen LogP) is 5.92.